The van der Waals surface area contributed by atoms with Crippen LogP contribution in [-0.4, -0.2) is 23.2 Å². The number of hydrogen-bond donors (Lipinski definition) is 1. The van der Waals surface area contributed by atoms with Gasteiger partial charge in [-0.25, -0.2) is 9.80 Å². The fourth-order valence-electron chi connectivity index (χ4n) is 2.18. The number of nitrogens with one attached hydrogen (secondary N) is 1. The molecule has 4 heteroatoms. The molecule has 17 heavy (non-hydrogen) atoms. The SMILES string of the molecule is CC(C)N1NC(=O)O[C@H](c2ccccc2)[C@@H]1C. The Morgan fingerprint density at radius 2 is 1.94 bits per heavy atom. The molecule has 0 spiro atoms. The van der Waals surface area contributed by atoms with Gasteiger partial charge in [-0.2, -0.15) is 0 Å². The summed E-state index contributed by atoms with van der Waals surface area (Å²) in [6.07, 6.45) is -0.599. The molecule has 1 aliphatic heterocycles. The highest BCUT2D eigenvalue weighted by Crippen LogP contribution is 2.28. The quantitative estimate of drug-likeness (QED) is 0.854. The average Bonchev–Trinajstić information content (AvgIpc) is 2.32. The molecule has 1 fully saturated rings. The maximum absolute atomic E-state index is 11.5. The summed E-state index contributed by atoms with van der Waals surface area (Å²) in [5.74, 6) is 0. The fraction of sp³-hybridized carbons (Fsp3) is 0.462. The molecule has 1 N–H and O–H groups in total. The lowest BCUT2D eigenvalue weighted by atomic mass is 10.0. The van der Waals surface area contributed by atoms with Crippen LogP contribution in [0.15, 0.2) is 30.3 Å². The summed E-state index contributed by atoms with van der Waals surface area (Å²) < 4.78 is 5.37. The van der Waals surface area contributed by atoms with E-state index in [1.54, 1.807) is 0 Å². The molecule has 0 saturated carbocycles. The van der Waals surface area contributed by atoms with Gasteiger partial charge in [-0.3, -0.25) is 5.43 Å². The van der Waals surface area contributed by atoms with Crippen LogP contribution < -0.4 is 5.43 Å². The molecule has 0 aromatic heterocycles. The number of hydrogen-bond acceptors (Lipinski definition) is 3. The average molecular weight is 234 g/mol. The minimum atomic E-state index is -0.384. The maximum Gasteiger partial charge on any atom is 0.422 e. The topological polar surface area (TPSA) is 41.6 Å². The zero-order valence-electron chi connectivity index (χ0n) is 10.4. The van der Waals surface area contributed by atoms with Crippen LogP contribution >= 0.6 is 0 Å². The fourth-order valence-corrected chi connectivity index (χ4v) is 2.18. The third kappa shape index (κ3) is 2.42. The molecule has 2 rings (SSSR count). The van der Waals surface area contributed by atoms with Gasteiger partial charge in [-0.1, -0.05) is 30.3 Å². The van der Waals surface area contributed by atoms with Crippen LogP contribution in [0, 0.1) is 0 Å². The Balaban J connectivity index is 2.25. The molecule has 92 valence electrons. The second-order valence-corrected chi connectivity index (χ2v) is 4.59. The Hall–Kier alpha value is -1.55. The van der Waals surface area contributed by atoms with Gasteiger partial charge in [-0.05, 0) is 26.3 Å². The maximum atomic E-state index is 11.5. The van der Waals surface area contributed by atoms with Gasteiger partial charge in [0.15, 0.2) is 0 Å². The number of nitrogens with zero attached hydrogens (tertiary/aromatic N) is 1. The van der Waals surface area contributed by atoms with Gasteiger partial charge in [0.05, 0.1) is 6.04 Å². The molecule has 2 atom stereocenters. The summed E-state index contributed by atoms with van der Waals surface area (Å²) in [7, 11) is 0. The van der Waals surface area contributed by atoms with E-state index >= 15 is 0 Å². The first kappa shape index (κ1) is 11.9. The van der Waals surface area contributed by atoms with Gasteiger partial charge in [0.1, 0.15) is 6.10 Å². The summed E-state index contributed by atoms with van der Waals surface area (Å²) >= 11 is 0. The Morgan fingerprint density at radius 3 is 2.53 bits per heavy atom. The van der Waals surface area contributed by atoms with E-state index in [2.05, 4.69) is 12.3 Å². The van der Waals surface area contributed by atoms with Crippen LogP contribution in [0.5, 0.6) is 0 Å². The predicted octanol–water partition coefficient (Wildman–Crippen LogP) is 2.48. The minimum absolute atomic E-state index is 0.107. The van der Waals surface area contributed by atoms with Gasteiger partial charge in [-0.15, -0.1) is 0 Å². The van der Waals surface area contributed by atoms with E-state index in [0.29, 0.717) is 0 Å². The van der Waals surface area contributed by atoms with E-state index in [1.807, 2.05) is 49.2 Å². The number of amides is 1. The standard InChI is InChI=1S/C13H18N2O2/c1-9(2)15-10(3)12(17-13(16)14-15)11-7-5-4-6-8-11/h4-10,12H,1-3H3,(H,14,16)/t10-,12-/m0/s1. The van der Waals surface area contributed by atoms with Crippen molar-refractivity contribution < 1.29 is 9.53 Å². The number of cyclic esters (lactones) is 1. The number of rotatable bonds is 2. The third-order valence-corrected chi connectivity index (χ3v) is 3.02. The second-order valence-electron chi connectivity index (χ2n) is 4.59. The highest BCUT2D eigenvalue weighted by Gasteiger charge is 2.35. The first-order valence-corrected chi connectivity index (χ1v) is 5.90. The summed E-state index contributed by atoms with van der Waals surface area (Å²) in [5, 5.41) is 1.93. The monoisotopic (exact) mass is 234 g/mol. The van der Waals surface area contributed by atoms with Crippen LogP contribution in [0.3, 0.4) is 0 Å². The molecule has 1 heterocycles. The number of hydrazine groups is 1. The van der Waals surface area contributed by atoms with Crippen LogP contribution in [0.4, 0.5) is 4.79 Å². The molecule has 0 radical (unpaired) electrons. The van der Waals surface area contributed by atoms with Crippen molar-refractivity contribution in [3.63, 3.8) is 0 Å². The molecule has 0 aliphatic carbocycles. The predicted molar refractivity (Wildman–Crippen MR) is 65.2 cm³/mol. The molecule has 1 aromatic carbocycles. The number of ether oxygens (including phenoxy) is 1. The van der Waals surface area contributed by atoms with Crippen LogP contribution in [-0.2, 0) is 4.74 Å². The van der Waals surface area contributed by atoms with Gasteiger partial charge in [0.25, 0.3) is 0 Å². The van der Waals surface area contributed by atoms with Crippen molar-refractivity contribution >= 4 is 6.09 Å². The third-order valence-electron chi connectivity index (χ3n) is 3.02. The Bertz CT molecular complexity index is 392. The van der Waals surface area contributed by atoms with Crippen molar-refractivity contribution in [1.82, 2.24) is 10.4 Å². The zero-order valence-corrected chi connectivity index (χ0v) is 10.4. The van der Waals surface area contributed by atoms with Crippen molar-refractivity contribution in [2.45, 2.75) is 39.0 Å². The van der Waals surface area contributed by atoms with Gasteiger partial charge in [0.2, 0.25) is 0 Å². The number of carbonyl (C=O) groups is 1. The second kappa shape index (κ2) is 4.75. The summed E-state index contributed by atoms with van der Waals surface area (Å²) in [6, 6.07) is 10.2. The van der Waals surface area contributed by atoms with Crippen molar-refractivity contribution in [2.24, 2.45) is 0 Å². The molecular weight excluding hydrogens is 216 g/mol. The van der Waals surface area contributed by atoms with E-state index in [1.165, 1.54) is 0 Å². The molecule has 0 bridgehead atoms. The molecule has 1 amide bonds. The molecule has 4 nitrogen and oxygen atoms in total. The summed E-state index contributed by atoms with van der Waals surface area (Å²) in [4.78, 5) is 11.5. The Kier molecular flexibility index (Phi) is 3.33. The van der Waals surface area contributed by atoms with Crippen LogP contribution in [0.25, 0.3) is 0 Å². The molecular formula is C13H18N2O2. The Morgan fingerprint density at radius 1 is 1.29 bits per heavy atom. The van der Waals surface area contributed by atoms with Gasteiger partial charge < -0.3 is 4.74 Å². The minimum Gasteiger partial charge on any atom is -0.439 e. The lowest BCUT2D eigenvalue weighted by Gasteiger charge is -2.41. The molecule has 1 aromatic rings. The van der Waals surface area contributed by atoms with Crippen LogP contribution in [0.1, 0.15) is 32.4 Å². The Labute approximate surface area is 102 Å². The number of carbonyl (C=O) groups excluding carboxylic acids is 1. The van der Waals surface area contributed by atoms with E-state index in [-0.39, 0.29) is 24.3 Å². The molecule has 1 saturated heterocycles. The van der Waals surface area contributed by atoms with Gasteiger partial charge >= 0.3 is 6.09 Å². The van der Waals surface area contributed by atoms with E-state index < -0.39 is 0 Å². The van der Waals surface area contributed by atoms with Crippen molar-refractivity contribution in [1.29, 1.82) is 0 Å². The van der Waals surface area contributed by atoms with E-state index in [4.69, 9.17) is 4.74 Å². The highest BCUT2D eigenvalue weighted by atomic mass is 16.6. The zero-order chi connectivity index (χ0) is 12.4. The van der Waals surface area contributed by atoms with E-state index in [9.17, 15) is 4.79 Å². The smallest absolute Gasteiger partial charge is 0.422 e. The summed E-state index contributed by atoms with van der Waals surface area (Å²) in [5.41, 5.74) is 3.77. The normalized spacial score (nSPS) is 25.5. The highest BCUT2D eigenvalue weighted by molar-refractivity contribution is 5.68. The summed E-state index contributed by atoms with van der Waals surface area (Å²) in [6.45, 7) is 6.14. The van der Waals surface area contributed by atoms with Gasteiger partial charge in [0, 0.05) is 6.04 Å². The first-order chi connectivity index (χ1) is 8.09. The van der Waals surface area contributed by atoms with Crippen molar-refractivity contribution in [2.75, 3.05) is 0 Å². The first-order valence-electron chi connectivity index (χ1n) is 5.90. The largest absolute Gasteiger partial charge is 0.439 e. The van der Waals surface area contributed by atoms with E-state index in [0.717, 1.165) is 5.56 Å². The van der Waals surface area contributed by atoms with Crippen LogP contribution in [0.2, 0.25) is 0 Å². The lowest BCUT2D eigenvalue weighted by molar-refractivity contribution is -0.0520. The van der Waals surface area contributed by atoms with Crippen molar-refractivity contribution in [3.05, 3.63) is 35.9 Å². The van der Waals surface area contributed by atoms with Crippen molar-refractivity contribution in [3.8, 4) is 0 Å². The lowest BCUT2D eigenvalue weighted by Crippen LogP contribution is -2.58. The molecule has 1 aliphatic rings. The molecule has 0 unspecified atom stereocenters. The number of benzene rings is 1.